The molecule has 0 bridgehead atoms. The Hall–Kier alpha value is -1.93. The lowest BCUT2D eigenvalue weighted by atomic mass is 10.2. The predicted molar refractivity (Wildman–Crippen MR) is 90.7 cm³/mol. The van der Waals surface area contributed by atoms with Crippen molar-refractivity contribution < 1.29 is 19.1 Å². The molecule has 0 fully saturated rings. The second-order valence-corrected chi connectivity index (χ2v) is 5.96. The van der Waals surface area contributed by atoms with E-state index in [0.717, 1.165) is 17.3 Å². The monoisotopic (exact) mass is 359 g/mol. The molecule has 0 aliphatic heterocycles. The summed E-state index contributed by atoms with van der Waals surface area (Å²) in [6.07, 6.45) is 0. The van der Waals surface area contributed by atoms with Crippen LogP contribution in [0.25, 0.3) is 0 Å². The quantitative estimate of drug-likeness (QED) is 0.669. The summed E-state index contributed by atoms with van der Waals surface area (Å²) >= 11 is 7.12. The minimum atomic E-state index is -0.391. The smallest absolute Gasteiger partial charge is 0.248 e. The lowest BCUT2D eigenvalue weighted by Crippen LogP contribution is -2.41. The Morgan fingerprint density at radius 2 is 1.83 bits per heavy atom. The van der Waals surface area contributed by atoms with Gasteiger partial charge in [0.2, 0.25) is 17.7 Å². The van der Waals surface area contributed by atoms with Gasteiger partial charge in [0.15, 0.2) is 0 Å². The van der Waals surface area contributed by atoms with Gasteiger partial charge in [0.25, 0.3) is 0 Å². The van der Waals surface area contributed by atoms with E-state index in [1.54, 1.807) is 12.1 Å². The first-order valence-corrected chi connectivity index (χ1v) is 8.14. The number of halogens is 1. The van der Waals surface area contributed by atoms with Gasteiger partial charge in [-0.15, -0.1) is 11.8 Å². The van der Waals surface area contributed by atoms with Crippen molar-refractivity contribution in [2.75, 3.05) is 23.9 Å². The van der Waals surface area contributed by atoms with Crippen LogP contribution in [-0.4, -0.2) is 36.3 Å². The SMILES string of the molecule is COc1cc(Cl)c(C)cc1NC(=O)CSCC(=O)NNC(C)=O. The Balaban J connectivity index is 2.47. The van der Waals surface area contributed by atoms with Crippen molar-refractivity contribution in [1.82, 2.24) is 10.9 Å². The molecular formula is C14H18ClN3O4S. The van der Waals surface area contributed by atoms with Crippen LogP contribution in [0.2, 0.25) is 5.02 Å². The van der Waals surface area contributed by atoms with Crippen molar-refractivity contribution in [1.29, 1.82) is 0 Å². The number of hydrogen-bond donors (Lipinski definition) is 3. The van der Waals surface area contributed by atoms with Crippen LogP contribution in [0.4, 0.5) is 5.69 Å². The fourth-order valence-electron chi connectivity index (χ4n) is 1.55. The van der Waals surface area contributed by atoms with Crippen molar-refractivity contribution in [2.45, 2.75) is 13.8 Å². The zero-order valence-corrected chi connectivity index (χ0v) is 14.6. The number of thioether (sulfide) groups is 1. The summed E-state index contributed by atoms with van der Waals surface area (Å²) in [6.45, 7) is 3.10. The molecule has 0 atom stereocenters. The predicted octanol–water partition coefficient (Wildman–Crippen LogP) is 1.50. The maximum atomic E-state index is 11.9. The lowest BCUT2D eigenvalue weighted by Gasteiger charge is -2.12. The number of ether oxygens (including phenoxy) is 1. The van der Waals surface area contributed by atoms with Gasteiger partial charge in [0, 0.05) is 18.0 Å². The third kappa shape index (κ3) is 6.79. The number of methoxy groups -OCH3 is 1. The molecule has 9 heteroatoms. The number of rotatable bonds is 6. The van der Waals surface area contributed by atoms with Gasteiger partial charge in [-0.05, 0) is 18.6 Å². The Kier molecular flexibility index (Phi) is 7.70. The maximum Gasteiger partial charge on any atom is 0.248 e. The summed E-state index contributed by atoms with van der Waals surface area (Å²) in [7, 11) is 1.48. The van der Waals surface area contributed by atoms with Crippen molar-refractivity contribution in [3.63, 3.8) is 0 Å². The number of nitrogens with one attached hydrogen (secondary N) is 3. The second kappa shape index (κ2) is 9.26. The van der Waals surface area contributed by atoms with Crippen molar-refractivity contribution in [2.24, 2.45) is 0 Å². The third-order valence-corrected chi connectivity index (χ3v) is 3.94. The number of aryl methyl sites for hydroxylation is 1. The summed E-state index contributed by atoms with van der Waals surface area (Å²) in [5, 5.41) is 3.25. The zero-order valence-electron chi connectivity index (χ0n) is 13.0. The van der Waals surface area contributed by atoms with E-state index < -0.39 is 5.91 Å². The molecule has 0 unspecified atom stereocenters. The van der Waals surface area contributed by atoms with E-state index in [9.17, 15) is 14.4 Å². The van der Waals surface area contributed by atoms with Crippen LogP contribution in [0, 0.1) is 6.92 Å². The molecule has 23 heavy (non-hydrogen) atoms. The average molecular weight is 360 g/mol. The number of amides is 3. The van der Waals surface area contributed by atoms with Gasteiger partial charge in [-0.1, -0.05) is 11.6 Å². The highest BCUT2D eigenvalue weighted by atomic mass is 35.5. The number of hydrogen-bond acceptors (Lipinski definition) is 5. The maximum absolute atomic E-state index is 11.9. The molecule has 0 spiro atoms. The van der Waals surface area contributed by atoms with Gasteiger partial charge in [0.05, 0.1) is 24.3 Å². The van der Waals surface area contributed by atoms with E-state index in [0.29, 0.717) is 16.5 Å². The Morgan fingerprint density at radius 1 is 1.17 bits per heavy atom. The number of hydrazine groups is 1. The van der Waals surface area contributed by atoms with E-state index in [1.807, 2.05) is 6.92 Å². The summed E-state index contributed by atoms with van der Waals surface area (Å²) in [6, 6.07) is 3.34. The fourth-order valence-corrected chi connectivity index (χ4v) is 2.32. The van der Waals surface area contributed by atoms with E-state index in [1.165, 1.54) is 14.0 Å². The molecule has 7 nitrogen and oxygen atoms in total. The van der Waals surface area contributed by atoms with Gasteiger partial charge >= 0.3 is 0 Å². The van der Waals surface area contributed by atoms with Crippen LogP contribution in [0.1, 0.15) is 12.5 Å². The molecule has 0 aliphatic carbocycles. The summed E-state index contributed by atoms with van der Waals surface area (Å²) in [5.41, 5.74) is 5.71. The lowest BCUT2D eigenvalue weighted by molar-refractivity contribution is -0.126. The molecule has 126 valence electrons. The molecule has 3 amide bonds. The minimum Gasteiger partial charge on any atom is -0.495 e. The molecule has 0 radical (unpaired) electrons. The molecule has 0 saturated heterocycles. The Bertz CT molecular complexity index is 610. The van der Waals surface area contributed by atoms with E-state index in [2.05, 4.69) is 16.2 Å². The average Bonchev–Trinajstić information content (AvgIpc) is 2.48. The number of benzene rings is 1. The van der Waals surface area contributed by atoms with Crippen molar-refractivity contribution in [3.05, 3.63) is 22.7 Å². The Morgan fingerprint density at radius 3 is 2.43 bits per heavy atom. The van der Waals surface area contributed by atoms with Crippen molar-refractivity contribution >= 4 is 46.8 Å². The summed E-state index contributed by atoms with van der Waals surface area (Å²) < 4.78 is 5.17. The van der Waals surface area contributed by atoms with Crippen LogP contribution >= 0.6 is 23.4 Å². The molecule has 0 saturated carbocycles. The van der Waals surface area contributed by atoms with Crippen LogP contribution in [-0.2, 0) is 14.4 Å². The molecule has 1 rings (SSSR count). The Labute approximate surface area is 143 Å². The molecule has 3 N–H and O–H groups in total. The van der Waals surface area contributed by atoms with Crippen molar-refractivity contribution in [3.8, 4) is 5.75 Å². The first-order valence-electron chi connectivity index (χ1n) is 6.60. The van der Waals surface area contributed by atoms with Gasteiger partial charge < -0.3 is 10.1 Å². The third-order valence-electron chi connectivity index (χ3n) is 2.60. The molecule has 0 aromatic heterocycles. The normalized spacial score (nSPS) is 9.91. The first kappa shape index (κ1) is 19.1. The van der Waals surface area contributed by atoms with Crippen LogP contribution in [0.15, 0.2) is 12.1 Å². The molecule has 1 aromatic rings. The highest BCUT2D eigenvalue weighted by Gasteiger charge is 2.11. The standard InChI is InChI=1S/C14H18ClN3O4S/c1-8-4-11(12(22-3)5-10(8)15)16-13(20)6-23-7-14(21)18-17-9(2)19/h4-5H,6-7H2,1-3H3,(H,16,20)(H,17,19)(H,18,21). The van der Waals surface area contributed by atoms with E-state index in [4.69, 9.17) is 16.3 Å². The first-order chi connectivity index (χ1) is 10.8. The summed E-state index contributed by atoms with van der Waals surface area (Å²) in [5.74, 6) is -0.447. The highest BCUT2D eigenvalue weighted by molar-refractivity contribution is 8.00. The fraction of sp³-hybridized carbons (Fsp3) is 0.357. The van der Waals surface area contributed by atoms with Crippen LogP contribution in [0.3, 0.4) is 0 Å². The highest BCUT2D eigenvalue weighted by Crippen LogP contribution is 2.30. The largest absolute Gasteiger partial charge is 0.495 e. The van der Waals surface area contributed by atoms with Gasteiger partial charge in [0.1, 0.15) is 5.75 Å². The minimum absolute atomic E-state index is 0.0461. The van der Waals surface area contributed by atoms with Crippen LogP contribution in [0.5, 0.6) is 5.75 Å². The number of carbonyl (C=O) groups is 3. The van der Waals surface area contributed by atoms with Gasteiger partial charge in [-0.2, -0.15) is 0 Å². The molecule has 1 aromatic carbocycles. The topological polar surface area (TPSA) is 96.5 Å². The van der Waals surface area contributed by atoms with E-state index >= 15 is 0 Å². The molecular weight excluding hydrogens is 342 g/mol. The van der Waals surface area contributed by atoms with Crippen LogP contribution < -0.4 is 20.9 Å². The molecule has 0 heterocycles. The second-order valence-electron chi connectivity index (χ2n) is 4.57. The zero-order chi connectivity index (χ0) is 17.4. The number of carbonyl (C=O) groups excluding carboxylic acids is 3. The number of anilines is 1. The van der Waals surface area contributed by atoms with Gasteiger partial charge in [-0.25, -0.2) is 0 Å². The molecule has 0 aliphatic rings. The van der Waals surface area contributed by atoms with E-state index in [-0.39, 0.29) is 23.3 Å². The van der Waals surface area contributed by atoms with Gasteiger partial charge in [-0.3, -0.25) is 25.2 Å². The summed E-state index contributed by atoms with van der Waals surface area (Å²) in [4.78, 5) is 33.9.